The maximum absolute atomic E-state index is 12.8. The lowest BCUT2D eigenvalue weighted by Gasteiger charge is -2.33. The van der Waals surface area contributed by atoms with Crippen LogP contribution in [0.2, 0.25) is 0 Å². The minimum atomic E-state index is -3.76. The van der Waals surface area contributed by atoms with Crippen LogP contribution in [-0.2, 0) is 14.8 Å². The molecule has 0 aliphatic carbocycles. The van der Waals surface area contributed by atoms with Crippen LogP contribution in [0.5, 0.6) is 0 Å². The monoisotopic (exact) mass is 379 g/mol. The molecule has 3 aliphatic rings. The first-order valence-corrected chi connectivity index (χ1v) is 10.2. The van der Waals surface area contributed by atoms with Gasteiger partial charge in [-0.25, -0.2) is 8.42 Å². The molecule has 0 radical (unpaired) electrons. The smallest absolute Gasteiger partial charge is 0.293 e. The second-order valence-corrected chi connectivity index (χ2v) is 8.73. The first-order chi connectivity index (χ1) is 12.5. The highest BCUT2D eigenvalue weighted by molar-refractivity contribution is 7.89. The van der Waals surface area contributed by atoms with Crippen molar-refractivity contribution in [3.63, 3.8) is 0 Å². The Bertz CT molecular complexity index is 848. The Hall–Kier alpha value is -1.97. The standard InChI is InChI=1S/C17H21N3O5S/c21-20(22)17-12-15(26(23,24)18-8-10-25-11-9-18)6-7-16(17)19-13-2-1-3-14(19)5-4-13/h1-2,6-7,12-14H,3-5,8-11H2. The lowest BCUT2D eigenvalue weighted by molar-refractivity contribution is -0.384. The van der Waals surface area contributed by atoms with E-state index in [0.29, 0.717) is 18.9 Å². The second-order valence-electron chi connectivity index (χ2n) is 6.79. The Labute approximate surface area is 152 Å². The minimum absolute atomic E-state index is 0.0326. The molecule has 0 amide bonds. The van der Waals surface area contributed by atoms with Crippen LogP contribution in [0.1, 0.15) is 19.3 Å². The molecule has 26 heavy (non-hydrogen) atoms. The van der Waals surface area contributed by atoms with E-state index in [4.69, 9.17) is 4.74 Å². The average Bonchev–Trinajstić information content (AvgIpc) is 2.90. The summed E-state index contributed by atoms with van der Waals surface area (Å²) in [7, 11) is -3.76. The molecule has 2 bridgehead atoms. The van der Waals surface area contributed by atoms with Crippen LogP contribution < -0.4 is 4.90 Å². The highest BCUT2D eigenvalue weighted by Gasteiger charge is 2.38. The van der Waals surface area contributed by atoms with Gasteiger partial charge >= 0.3 is 0 Å². The van der Waals surface area contributed by atoms with Crippen LogP contribution in [0.3, 0.4) is 0 Å². The zero-order valence-corrected chi connectivity index (χ0v) is 15.1. The van der Waals surface area contributed by atoms with Gasteiger partial charge in [-0.3, -0.25) is 10.1 Å². The highest BCUT2D eigenvalue weighted by atomic mass is 32.2. The van der Waals surface area contributed by atoms with Gasteiger partial charge in [0.1, 0.15) is 5.69 Å². The molecule has 1 aromatic rings. The summed E-state index contributed by atoms with van der Waals surface area (Å²) in [6.07, 6.45) is 7.03. The second kappa shape index (κ2) is 6.64. The van der Waals surface area contributed by atoms with Crippen molar-refractivity contribution in [1.29, 1.82) is 0 Å². The van der Waals surface area contributed by atoms with E-state index in [2.05, 4.69) is 17.1 Å². The number of benzene rings is 1. The number of rotatable bonds is 4. The summed E-state index contributed by atoms with van der Waals surface area (Å²) in [5, 5.41) is 11.7. The van der Waals surface area contributed by atoms with E-state index in [9.17, 15) is 18.5 Å². The zero-order valence-electron chi connectivity index (χ0n) is 14.3. The van der Waals surface area contributed by atoms with Gasteiger partial charge in [-0.1, -0.05) is 12.2 Å². The number of nitro benzene ring substituents is 1. The number of nitro groups is 1. The summed E-state index contributed by atoms with van der Waals surface area (Å²) in [6, 6.07) is 4.68. The summed E-state index contributed by atoms with van der Waals surface area (Å²) in [5.41, 5.74) is 0.360. The molecule has 3 heterocycles. The number of nitrogens with zero attached hydrogens (tertiary/aromatic N) is 3. The van der Waals surface area contributed by atoms with Gasteiger partial charge in [-0.2, -0.15) is 4.31 Å². The number of hydrogen-bond donors (Lipinski definition) is 0. The fourth-order valence-electron chi connectivity index (χ4n) is 4.06. The summed E-state index contributed by atoms with van der Waals surface area (Å²) in [4.78, 5) is 13.2. The van der Waals surface area contributed by atoms with Crippen molar-refractivity contribution in [1.82, 2.24) is 4.31 Å². The molecule has 0 spiro atoms. The lowest BCUT2D eigenvalue weighted by Crippen LogP contribution is -2.40. The van der Waals surface area contributed by atoms with Gasteiger partial charge in [0.2, 0.25) is 10.0 Å². The van der Waals surface area contributed by atoms with Gasteiger partial charge in [-0.05, 0) is 31.4 Å². The summed E-state index contributed by atoms with van der Waals surface area (Å²) in [5.74, 6) is 0. The molecule has 0 saturated carbocycles. The van der Waals surface area contributed by atoms with E-state index in [1.165, 1.54) is 16.4 Å². The number of hydrogen-bond acceptors (Lipinski definition) is 6. The van der Waals surface area contributed by atoms with Crippen molar-refractivity contribution in [2.75, 3.05) is 31.2 Å². The third-order valence-electron chi connectivity index (χ3n) is 5.34. The SMILES string of the molecule is O=[N+]([O-])c1cc(S(=O)(=O)N2CCOCC2)ccc1N1C2C=CCC1CC2. The summed E-state index contributed by atoms with van der Waals surface area (Å²) in [6.45, 7) is 1.20. The van der Waals surface area contributed by atoms with Gasteiger partial charge in [0, 0.05) is 31.2 Å². The number of morpholine rings is 1. The van der Waals surface area contributed by atoms with Crippen LogP contribution in [0.15, 0.2) is 35.2 Å². The summed E-state index contributed by atoms with van der Waals surface area (Å²) >= 11 is 0. The van der Waals surface area contributed by atoms with E-state index < -0.39 is 14.9 Å². The molecule has 8 nitrogen and oxygen atoms in total. The summed E-state index contributed by atoms with van der Waals surface area (Å²) < 4.78 is 32.1. The van der Waals surface area contributed by atoms with Crippen LogP contribution in [-0.4, -0.2) is 56.0 Å². The molecule has 1 aromatic carbocycles. The van der Waals surface area contributed by atoms with Gasteiger partial charge in [0.15, 0.2) is 0 Å². The van der Waals surface area contributed by atoms with Crippen molar-refractivity contribution in [2.24, 2.45) is 0 Å². The Kier molecular flexibility index (Phi) is 4.45. The van der Waals surface area contributed by atoms with Crippen molar-refractivity contribution in [3.05, 3.63) is 40.5 Å². The van der Waals surface area contributed by atoms with Crippen LogP contribution in [0.4, 0.5) is 11.4 Å². The molecular formula is C17H21N3O5S. The van der Waals surface area contributed by atoms with E-state index in [-0.39, 0.29) is 35.8 Å². The van der Waals surface area contributed by atoms with Gasteiger partial charge < -0.3 is 9.64 Å². The van der Waals surface area contributed by atoms with Gasteiger partial charge in [0.05, 0.1) is 23.0 Å². The largest absolute Gasteiger partial charge is 0.379 e. The van der Waals surface area contributed by atoms with Crippen molar-refractivity contribution >= 4 is 21.4 Å². The Morgan fingerprint density at radius 3 is 2.65 bits per heavy atom. The van der Waals surface area contributed by atoms with Crippen molar-refractivity contribution in [2.45, 2.75) is 36.2 Å². The van der Waals surface area contributed by atoms with Crippen molar-refractivity contribution < 1.29 is 18.1 Å². The molecular weight excluding hydrogens is 358 g/mol. The molecule has 140 valence electrons. The molecule has 0 aromatic heterocycles. The molecule has 2 atom stereocenters. The predicted octanol–water partition coefficient (Wildman–Crippen LogP) is 1.91. The Balaban J connectivity index is 1.73. The normalized spacial score (nSPS) is 26.2. The van der Waals surface area contributed by atoms with Gasteiger partial charge in [0.25, 0.3) is 5.69 Å². The maximum atomic E-state index is 12.8. The highest BCUT2D eigenvalue weighted by Crippen LogP contribution is 2.41. The van der Waals surface area contributed by atoms with Crippen LogP contribution in [0, 0.1) is 10.1 Å². The third-order valence-corrected chi connectivity index (χ3v) is 7.24. The first kappa shape index (κ1) is 17.4. The molecule has 2 unspecified atom stereocenters. The number of ether oxygens (including phenoxy) is 1. The topological polar surface area (TPSA) is 93.0 Å². The molecule has 9 heteroatoms. The lowest BCUT2D eigenvalue weighted by atomic mass is 10.1. The fraction of sp³-hybridized carbons (Fsp3) is 0.529. The Morgan fingerprint density at radius 1 is 1.19 bits per heavy atom. The van der Waals surface area contributed by atoms with Gasteiger partial charge in [-0.15, -0.1) is 0 Å². The predicted molar refractivity (Wildman–Crippen MR) is 95.7 cm³/mol. The number of sulfonamides is 1. The van der Waals surface area contributed by atoms with Crippen LogP contribution in [0.25, 0.3) is 0 Å². The maximum Gasteiger partial charge on any atom is 0.293 e. The van der Waals surface area contributed by atoms with Crippen LogP contribution >= 0.6 is 0 Å². The number of fused-ring (bicyclic) bond motifs is 2. The van der Waals surface area contributed by atoms with E-state index in [1.54, 1.807) is 6.07 Å². The Morgan fingerprint density at radius 2 is 1.96 bits per heavy atom. The fourth-order valence-corrected chi connectivity index (χ4v) is 5.49. The zero-order chi connectivity index (χ0) is 18.3. The van der Waals surface area contributed by atoms with E-state index >= 15 is 0 Å². The molecule has 4 rings (SSSR count). The number of anilines is 1. The average molecular weight is 379 g/mol. The molecule has 2 fully saturated rings. The minimum Gasteiger partial charge on any atom is -0.379 e. The van der Waals surface area contributed by atoms with Crippen molar-refractivity contribution in [3.8, 4) is 0 Å². The van der Waals surface area contributed by atoms with E-state index in [0.717, 1.165) is 19.3 Å². The third kappa shape index (κ3) is 2.89. The van der Waals surface area contributed by atoms with E-state index in [1.807, 2.05) is 0 Å². The first-order valence-electron chi connectivity index (χ1n) is 8.80. The quantitative estimate of drug-likeness (QED) is 0.451. The molecule has 3 aliphatic heterocycles. The molecule has 0 N–H and O–H groups in total. The molecule has 2 saturated heterocycles.